The summed E-state index contributed by atoms with van der Waals surface area (Å²) in [4.78, 5) is 51.2. The number of carbonyl (C=O) groups excluding carboxylic acids is 3. The molecule has 0 saturated heterocycles. The van der Waals surface area contributed by atoms with Crippen LogP contribution in [0.1, 0.15) is 65.2 Å². The summed E-state index contributed by atoms with van der Waals surface area (Å²) in [6, 6.07) is 12.8. The summed E-state index contributed by atoms with van der Waals surface area (Å²) in [7, 11) is -4.43. The minimum atomic E-state index is -4.43. The van der Waals surface area contributed by atoms with E-state index in [4.69, 9.17) is 19.9 Å². The van der Waals surface area contributed by atoms with Crippen molar-refractivity contribution in [3.05, 3.63) is 76.7 Å². The number of hydrogen-bond acceptors (Lipinski definition) is 10. The van der Waals surface area contributed by atoms with Crippen molar-refractivity contribution in [3.63, 3.8) is 0 Å². The number of amides is 2. The van der Waals surface area contributed by atoms with E-state index in [1.54, 1.807) is 59.7 Å². The Hall–Kier alpha value is -4.43. The fraction of sp³-hybridized carbons (Fsp3) is 0.438. The molecule has 0 aliphatic heterocycles. The molecular formula is C32H42N4O9S. The van der Waals surface area contributed by atoms with Gasteiger partial charge in [0.15, 0.2) is 5.37 Å². The van der Waals surface area contributed by atoms with Gasteiger partial charge in [0.05, 0.1) is 17.7 Å². The summed E-state index contributed by atoms with van der Waals surface area (Å²) in [5, 5.41) is 3.06. The summed E-state index contributed by atoms with van der Waals surface area (Å²) in [6.07, 6.45) is 1.39. The first kappa shape index (κ1) is 36.0. The van der Waals surface area contributed by atoms with E-state index in [0.717, 1.165) is 13.0 Å². The molecule has 2 amide bonds. The summed E-state index contributed by atoms with van der Waals surface area (Å²) < 4.78 is 45.0. The molecular weight excluding hydrogens is 616 g/mol. The Balaban J connectivity index is 1.81. The average Bonchev–Trinajstić information content (AvgIpc) is 2.94. The Morgan fingerprint density at radius 2 is 1.54 bits per heavy atom. The first-order valence-corrected chi connectivity index (χ1v) is 16.1. The number of fused-ring (bicyclic) bond motifs is 1. The maximum atomic E-state index is 13.7. The molecule has 0 aliphatic carbocycles. The third-order valence-corrected chi connectivity index (χ3v) is 8.48. The largest absolute Gasteiger partial charge is 0.492 e. The molecule has 3 aromatic rings. The zero-order chi connectivity index (χ0) is 34.5. The number of carbonyl (C=O) groups is 3. The smallest absolute Gasteiger partial charge is 0.407 e. The lowest BCUT2D eigenvalue weighted by molar-refractivity contribution is -0.161. The van der Waals surface area contributed by atoms with Crippen LogP contribution in [0.5, 0.6) is 5.75 Å². The van der Waals surface area contributed by atoms with Gasteiger partial charge >= 0.3 is 12.1 Å². The van der Waals surface area contributed by atoms with Crippen LogP contribution in [0.15, 0.2) is 70.5 Å². The number of aromatic nitrogens is 1. The van der Waals surface area contributed by atoms with Gasteiger partial charge in [-0.15, -0.1) is 0 Å². The van der Waals surface area contributed by atoms with Gasteiger partial charge in [-0.3, -0.25) is 14.0 Å². The molecule has 0 radical (unpaired) electrons. The number of esters is 1. The monoisotopic (exact) mass is 658 g/mol. The van der Waals surface area contributed by atoms with Crippen LogP contribution in [0.2, 0.25) is 0 Å². The molecule has 0 fully saturated rings. The Kier molecular flexibility index (Phi) is 10.9. The molecule has 1 aromatic carbocycles. The van der Waals surface area contributed by atoms with Crippen LogP contribution in [-0.4, -0.2) is 66.1 Å². The zero-order valence-electron chi connectivity index (χ0n) is 27.1. The maximum absolute atomic E-state index is 13.7. The van der Waals surface area contributed by atoms with Crippen LogP contribution < -0.4 is 26.7 Å². The van der Waals surface area contributed by atoms with E-state index in [1.165, 1.54) is 40.9 Å². The van der Waals surface area contributed by atoms with E-state index >= 15 is 0 Å². The number of hydrogen-bond donors (Lipinski definition) is 3. The highest BCUT2D eigenvalue weighted by Crippen LogP contribution is 2.25. The molecule has 2 unspecified atom stereocenters. The number of pyridine rings is 2. The highest BCUT2D eigenvalue weighted by atomic mass is 32.2. The van der Waals surface area contributed by atoms with Crippen LogP contribution in [0.4, 0.5) is 4.79 Å². The highest BCUT2D eigenvalue weighted by molar-refractivity contribution is 7.92. The molecule has 14 heteroatoms. The lowest BCUT2D eigenvalue weighted by Gasteiger charge is -2.34. The van der Waals surface area contributed by atoms with Gasteiger partial charge in [-0.1, -0.05) is 18.2 Å². The molecule has 2 heterocycles. The van der Waals surface area contributed by atoms with Crippen molar-refractivity contribution in [2.45, 2.75) is 81.9 Å². The van der Waals surface area contributed by atoms with Gasteiger partial charge in [0.2, 0.25) is 9.84 Å². The van der Waals surface area contributed by atoms with Crippen molar-refractivity contribution < 1.29 is 37.0 Å². The first-order valence-electron chi connectivity index (χ1n) is 14.6. The normalized spacial score (nSPS) is 14.1. The Morgan fingerprint density at radius 3 is 2.15 bits per heavy atom. The van der Waals surface area contributed by atoms with Crippen LogP contribution >= 0.6 is 0 Å². The third-order valence-electron chi connectivity index (χ3n) is 6.32. The number of rotatable bonds is 11. The summed E-state index contributed by atoms with van der Waals surface area (Å²) in [5.41, 5.74) is 2.08. The number of nitrogens with two attached hydrogens (primary N) is 1. The molecule has 2 atom stereocenters. The first-order chi connectivity index (χ1) is 21.2. The molecule has 2 aromatic heterocycles. The molecule has 46 heavy (non-hydrogen) atoms. The van der Waals surface area contributed by atoms with Gasteiger partial charge in [-0.05, 0) is 85.2 Å². The molecule has 3 rings (SSSR count). The number of alkyl carbamates (subject to hydrolysis) is 1. The average molecular weight is 659 g/mol. The Morgan fingerprint density at radius 1 is 0.913 bits per heavy atom. The second kappa shape index (κ2) is 13.9. The summed E-state index contributed by atoms with van der Waals surface area (Å²) in [5.74, 6) is -1.62. The van der Waals surface area contributed by atoms with Gasteiger partial charge in [0.25, 0.3) is 11.5 Å². The van der Waals surface area contributed by atoms with Gasteiger partial charge in [0, 0.05) is 23.7 Å². The molecule has 0 aliphatic rings. The fourth-order valence-corrected chi connectivity index (χ4v) is 5.99. The van der Waals surface area contributed by atoms with Crippen molar-refractivity contribution in [1.29, 1.82) is 0 Å². The second-order valence-corrected chi connectivity index (χ2v) is 14.9. The lowest BCUT2D eigenvalue weighted by atomic mass is 10.0. The summed E-state index contributed by atoms with van der Waals surface area (Å²) >= 11 is 0. The third kappa shape index (κ3) is 9.54. The van der Waals surface area contributed by atoms with E-state index in [2.05, 4.69) is 10.6 Å². The van der Waals surface area contributed by atoms with Crippen LogP contribution in [0, 0.1) is 0 Å². The topological polar surface area (TPSA) is 185 Å². The Bertz CT molecular complexity index is 1740. The van der Waals surface area contributed by atoms with Crippen molar-refractivity contribution in [1.82, 2.24) is 15.0 Å². The molecule has 0 spiro atoms. The van der Waals surface area contributed by atoms with E-state index in [0.29, 0.717) is 24.2 Å². The van der Waals surface area contributed by atoms with Gasteiger partial charge in [0.1, 0.15) is 22.5 Å². The van der Waals surface area contributed by atoms with Gasteiger partial charge < -0.3 is 30.6 Å². The van der Waals surface area contributed by atoms with Crippen LogP contribution in [0.3, 0.4) is 0 Å². The maximum Gasteiger partial charge on any atom is 0.407 e. The standard InChI is InChI=1S/C32H42N4O9S/c1-30(2,3)44-28(39)32(7,33)27(46(41,42)24-12-9-8-10-13-24)35-26(38)21-18-22-14-15-23(20-36(22)25(37)19-21)43-17-11-16-34-29(40)45-31(4,5)6/h8-10,12-15,18-20,27H,11,16-17,33H2,1-7H3,(H,34,40)(H,35,38). The predicted octanol–water partition coefficient (Wildman–Crippen LogP) is 3.18. The Labute approximate surface area is 268 Å². The number of ether oxygens (including phenoxy) is 3. The van der Waals surface area contributed by atoms with Crippen LogP contribution in [0.25, 0.3) is 5.52 Å². The molecule has 13 nitrogen and oxygen atoms in total. The molecule has 250 valence electrons. The number of nitrogens with one attached hydrogen (secondary N) is 2. The summed E-state index contributed by atoms with van der Waals surface area (Å²) in [6.45, 7) is 11.8. The van der Waals surface area contributed by atoms with Crippen molar-refractivity contribution in [2.75, 3.05) is 13.2 Å². The zero-order valence-corrected chi connectivity index (χ0v) is 27.9. The van der Waals surface area contributed by atoms with Gasteiger partial charge in [-0.2, -0.15) is 0 Å². The minimum absolute atomic E-state index is 0.153. The van der Waals surface area contributed by atoms with E-state index in [-0.39, 0.29) is 17.1 Å². The highest BCUT2D eigenvalue weighted by Gasteiger charge is 2.49. The fourth-order valence-electron chi connectivity index (χ4n) is 4.18. The van der Waals surface area contributed by atoms with Crippen molar-refractivity contribution in [2.24, 2.45) is 5.73 Å². The molecule has 4 N–H and O–H groups in total. The SMILES string of the molecule is CC(C)(C)OC(=O)NCCCOc1ccc2cc(C(=O)NC(C(C)(N)C(=O)OC(C)(C)C)S(=O)(=O)c3ccccc3)cc(=O)n2c1. The number of benzene rings is 1. The van der Waals surface area contributed by atoms with E-state index in [9.17, 15) is 27.6 Å². The quantitative estimate of drug-likeness (QED) is 0.204. The second-order valence-electron chi connectivity index (χ2n) is 12.9. The van der Waals surface area contributed by atoms with E-state index < -0.39 is 55.5 Å². The van der Waals surface area contributed by atoms with E-state index in [1.807, 2.05) is 0 Å². The lowest BCUT2D eigenvalue weighted by Crippen LogP contribution is -2.65. The van der Waals surface area contributed by atoms with Crippen molar-refractivity contribution in [3.8, 4) is 5.75 Å². The number of nitrogens with zero attached hydrogens (tertiary/aromatic N) is 1. The molecule has 0 saturated carbocycles. The van der Waals surface area contributed by atoms with Crippen LogP contribution in [-0.2, 0) is 24.1 Å². The minimum Gasteiger partial charge on any atom is -0.492 e. The predicted molar refractivity (Wildman–Crippen MR) is 171 cm³/mol. The van der Waals surface area contributed by atoms with Crippen molar-refractivity contribution >= 4 is 33.3 Å². The number of sulfone groups is 1. The molecule has 0 bridgehead atoms. The van der Waals surface area contributed by atoms with Gasteiger partial charge in [-0.25, -0.2) is 18.0 Å².